The van der Waals surface area contributed by atoms with E-state index in [2.05, 4.69) is 19.9 Å². The zero-order valence-electron chi connectivity index (χ0n) is 5.04. The molecule has 0 amide bonds. The molecule has 1 aromatic heterocycles. The van der Waals surface area contributed by atoms with Crippen LogP contribution in [0.4, 0.5) is 5.95 Å². The Kier molecular flexibility index (Phi) is 2.48. The van der Waals surface area contributed by atoms with Crippen LogP contribution in [0.1, 0.15) is 0 Å². The van der Waals surface area contributed by atoms with Gasteiger partial charge in [-0.2, -0.15) is 15.0 Å². The van der Waals surface area contributed by atoms with Gasteiger partial charge < -0.3 is 0 Å². The van der Waals surface area contributed by atoms with Crippen LogP contribution < -0.4 is 0 Å². The molecule has 1 heterocycles. The zero-order chi connectivity index (χ0) is 8.27. The highest BCUT2D eigenvalue weighted by atomic mass is 35.5. The molecule has 0 aliphatic rings. The second-order valence-electron chi connectivity index (χ2n) is 1.40. The molecule has 1 aromatic rings. The monoisotopic (exact) mass is 189 g/mol. The molecule has 5 nitrogen and oxygen atoms in total. The van der Waals surface area contributed by atoms with Crippen molar-refractivity contribution in [3.8, 4) is 0 Å². The largest absolute Gasteiger partial charge is 0.264 e. The Bertz CT molecular complexity index is 298. The minimum Gasteiger partial charge on any atom is -0.241 e. The van der Waals surface area contributed by atoms with Crippen molar-refractivity contribution in [3.05, 3.63) is 10.6 Å². The van der Waals surface area contributed by atoms with Crippen LogP contribution in [0.3, 0.4) is 0 Å². The molecule has 11 heavy (non-hydrogen) atoms. The molecule has 0 fully saturated rings. The third-order valence-electron chi connectivity index (χ3n) is 0.725. The Morgan fingerprint density at radius 1 is 1.18 bits per heavy atom. The quantitative estimate of drug-likeness (QED) is 0.682. The molecule has 0 aliphatic heterocycles. The highest BCUT2D eigenvalue weighted by Gasteiger charge is 1.99. The fourth-order valence-corrected chi connectivity index (χ4v) is 0.771. The van der Waals surface area contributed by atoms with Crippen molar-refractivity contribution in [2.24, 2.45) is 4.99 Å². The van der Waals surface area contributed by atoms with E-state index in [1.54, 1.807) is 6.01 Å². The van der Waals surface area contributed by atoms with Crippen molar-refractivity contribution in [2.75, 3.05) is 0 Å². The molecule has 0 radical (unpaired) electrons. The first-order valence-corrected chi connectivity index (χ1v) is 3.17. The molecule has 56 valence electrons. The van der Waals surface area contributed by atoms with Gasteiger partial charge in [0.05, 0.1) is 6.01 Å². The molecule has 0 spiro atoms. The zero-order valence-corrected chi connectivity index (χ0v) is 6.56. The van der Waals surface area contributed by atoms with Crippen molar-refractivity contribution in [3.63, 3.8) is 0 Å². The van der Waals surface area contributed by atoms with E-state index in [9.17, 15) is 0 Å². The van der Waals surface area contributed by atoms with Gasteiger partial charge in [0, 0.05) is 0 Å². The van der Waals surface area contributed by atoms with Crippen molar-refractivity contribution in [1.82, 2.24) is 15.0 Å². The number of halogens is 2. The van der Waals surface area contributed by atoms with Crippen LogP contribution in [0, 0.1) is 5.41 Å². The maximum absolute atomic E-state index is 6.48. The van der Waals surface area contributed by atoms with Crippen molar-refractivity contribution in [1.29, 1.82) is 5.41 Å². The number of nitrogens with one attached hydrogen (secondary N) is 1. The number of rotatable bonds is 1. The second kappa shape index (κ2) is 3.39. The summed E-state index contributed by atoms with van der Waals surface area (Å²) < 4.78 is 0. The van der Waals surface area contributed by atoms with Crippen LogP contribution in [0.25, 0.3) is 0 Å². The summed E-state index contributed by atoms with van der Waals surface area (Å²) in [5.74, 6) is -0.0231. The molecule has 1 rings (SSSR count). The van der Waals surface area contributed by atoms with Gasteiger partial charge in [-0.25, -0.2) is 5.41 Å². The number of hydrogen-bond donors (Lipinski definition) is 1. The lowest BCUT2D eigenvalue weighted by atomic mass is 10.9. The van der Waals surface area contributed by atoms with Crippen LogP contribution >= 0.6 is 23.2 Å². The fraction of sp³-hybridized carbons (Fsp3) is 0. The lowest BCUT2D eigenvalue weighted by Crippen LogP contribution is -1.87. The van der Waals surface area contributed by atoms with Gasteiger partial charge in [-0.3, -0.25) is 0 Å². The van der Waals surface area contributed by atoms with Gasteiger partial charge >= 0.3 is 0 Å². The van der Waals surface area contributed by atoms with Crippen molar-refractivity contribution >= 4 is 35.2 Å². The molecule has 0 unspecified atom stereocenters. The normalized spacial score (nSPS) is 8.91. The van der Waals surface area contributed by atoms with E-state index >= 15 is 0 Å². The van der Waals surface area contributed by atoms with Crippen molar-refractivity contribution in [2.45, 2.75) is 0 Å². The maximum atomic E-state index is 6.48. The summed E-state index contributed by atoms with van der Waals surface area (Å²) in [6.07, 6.45) is 0. The number of hydrogen-bond acceptors (Lipinski definition) is 5. The third-order valence-corrected chi connectivity index (χ3v) is 1.06. The summed E-state index contributed by atoms with van der Waals surface area (Å²) >= 11 is 10.8. The predicted molar refractivity (Wildman–Crippen MR) is 39.7 cm³/mol. The molecule has 0 saturated heterocycles. The first kappa shape index (κ1) is 8.07. The van der Waals surface area contributed by atoms with Gasteiger partial charge in [-0.1, -0.05) is 0 Å². The molecule has 0 atom stereocenters. The molecule has 0 saturated carbocycles. The van der Waals surface area contributed by atoms with Crippen molar-refractivity contribution < 1.29 is 0 Å². The molecule has 1 N–H and O–H groups in total. The highest BCUT2D eigenvalue weighted by Crippen LogP contribution is 2.10. The van der Waals surface area contributed by atoms with Crippen LogP contribution in [-0.2, 0) is 0 Å². The van der Waals surface area contributed by atoms with E-state index < -0.39 is 0 Å². The maximum Gasteiger partial charge on any atom is 0.264 e. The van der Waals surface area contributed by atoms with E-state index in [1.165, 1.54) is 0 Å². The summed E-state index contributed by atoms with van der Waals surface area (Å²) in [5.41, 5.74) is 0. The summed E-state index contributed by atoms with van der Waals surface area (Å²) in [5, 5.41) is 6.36. The minimum atomic E-state index is -0.0565. The van der Waals surface area contributed by atoms with Gasteiger partial charge in [-0.05, 0) is 23.2 Å². The number of nitrogens with zero attached hydrogens (tertiary/aromatic N) is 4. The van der Waals surface area contributed by atoms with E-state index in [-0.39, 0.29) is 16.5 Å². The molecule has 0 aliphatic carbocycles. The Hall–Kier alpha value is -1.03. The number of aliphatic imine (C=N–C) groups is 1. The van der Waals surface area contributed by atoms with Gasteiger partial charge in [0.25, 0.3) is 5.95 Å². The first-order valence-electron chi connectivity index (χ1n) is 2.42. The minimum absolute atomic E-state index is 0.0231. The van der Waals surface area contributed by atoms with E-state index in [4.69, 9.17) is 28.6 Å². The van der Waals surface area contributed by atoms with E-state index in [0.717, 1.165) is 0 Å². The molecule has 7 heteroatoms. The Morgan fingerprint density at radius 2 is 1.73 bits per heavy atom. The molecule has 0 bridgehead atoms. The number of aromatic nitrogens is 3. The van der Waals surface area contributed by atoms with Crippen LogP contribution in [0.2, 0.25) is 10.6 Å². The molecular formula is C4HCl2N5. The standard InChI is InChI=1S/C4HCl2N5/c5-2-9-3(6)11-4(10-2)8-1-7/h7H. The highest BCUT2D eigenvalue weighted by molar-refractivity contribution is 6.31. The Balaban J connectivity index is 3.18. The van der Waals surface area contributed by atoms with Crippen LogP contribution in [0.15, 0.2) is 4.99 Å². The predicted octanol–water partition coefficient (Wildman–Crippen LogP) is 1.56. The third kappa shape index (κ3) is 2.23. The van der Waals surface area contributed by atoms with Gasteiger partial charge in [0.15, 0.2) is 0 Å². The van der Waals surface area contributed by atoms with Gasteiger partial charge in [-0.15, -0.1) is 4.99 Å². The Morgan fingerprint density at radius 3 is 2.18 bits per heavy atom. The lowest BCUT2D eigenvalue weighted by Gasteiger charge is -1.90. The Labute approximate surface area is 71.6 Å². The summed E-state index contributed by atoms with van der Waals surface area (Å²) in [6, 6.07) is 1.74. The van der Waals surface area contributed by atoms with Crippen LogP contribution in [-0.4, -0.2) is 21.0 Å². The van der Waals surface area contributed by atoms with E-state index in [0.29, 0.717) is 0 Å². The van der Waals surface area contributed by atoms with E-state index in [1.807, 2.05) is 0 Å². The first-order chi connectivity index (χ1) is 5.22. The van der Waals surface area contributed by atoms with Gasteiger partial charge in [0.1, 0.15) is 0 Å². The lowest BCUT2D eigenvalue weighted by molar-refractivity contribution is 1.04. The average Bonchev–Trinajstić information content (AvgIpc) is 1.85. The summed E-state index contributed by atoms with van der Waals surface area (Å²) in [7, 11) is 0. The van der Waals surface area contributed by atoms with Crippen LogP contribution in [0.5, 0.6) is 0 Å². The van der Waals surface area contributed by atoms with Gasteiger partial charge in [0.2, 0.25) is 10.6 Å². The summed E-state index contributed by atoms with van der Waals surface area (Å²) in [4.78, 5) is 13.9. The topological polar surface area (TPSA) is 74.9 Å². The smallest absolute Gasteiger partial charge is 0.241 e. The molecular weight excluding hydrogens is 189 g/mol. The average molecular weight is 190 g/mol. The molecule has 0 aromatic carbocycles. The SMILES string of the molecule is N=C=Nc1nc(Cl)nc(Cl)n1. The second-order valence-corrected chi connectivity index (χ2v) is 2.07. The fourth-order valence-electron chi connectivity index (χ4n) is 0.416. The summed E-state index contributed by atoms with van der Waals surface area (Å²) in [6.45, 7) is 0.